The lowest BCUT2D eigenvalue weighted by molar-refractivity contribution is 0.926. The molecule has 1 aromatic heterocycles. The zero-order chi connectivity index (χ0) is 12.1. The highest BCUT2D eigenvalue weighted by atomic mass is 79.9. The fourth-order valence-electron chi connectivity index (χ4n) is 1.47. The van der Waals surface area contributed by atoms with Crippen LogP contribution in [0.4, 0.5) is 0 Å². The van der Waals surface area contributed by atoms with Gasteiger partial charge in [-0.05, 0) is 11.6 Å². The molecular formula is C12H12BrN3S. The molecule has 5 heteroatoms. The Balaban J connectivity index is 2.21. The topological polar surface area (TPSA) is 51.8 Å². The molecule has 0 radical (unpaired) electrons. The summed E-state index contributed by atoms with van der Waals surface area (Å²) in [4.78, 5) is 8.30. The molecule has 88 valence electrons. The van der Waals surface area contributed by atoms with Crippen LogP contribution in [0.1, 0.15) is 10.8 Å². The molecule has 0 fully saturated rings. The number of aromatic nitrogens is 2. The molecule has 0 bridgehead atoms. The molecule has 1 heterocycles. The number of halogens is 1. The molecule has 2 rings (SSSR count). The molecule has 1 aromatic carbocycles. The van der Waals surface area contributed by atoms with Crippen LogP contribution < -0.4 is 5.73 Å². The SMILES string of the molecule is NCC(Sc1cnccn1)c1ccccc1Br. The Kier molecular flexibility index (Phi) is 4.53. The summed E-state index contributed by atoms with van der Waals surface area (Å²) in [6.07, 6.45) is 5.11. The zero-order valence-corrected chi connectivity index (χ0v) is 11.5. The summed E-state index contributed by atoms with van der Waals surface area (Å²) in [6.45, 7) is 0.559. The van der Waals surface area contributed by atoms with Crippen LogP contribution in [0.2, 0.25) is 0 Å². The third kappa shape index (κ3) is 3.28. The van der Waals surface area contributed by atoms with Crippen LogP contribution in [0.25, 0.3) is 0 Å². The molecule has 17 heavy (non-hydrogen) atoms. The first kappa shape index (κ1) is 12.5. The third-order valence-electron chi connectivity index (χ3n) is 2.27. The maximum atomic E-state index is 5.83. The highest BCUT2D eigenvalue weighted by molar-refractivity contribution is 9.10. The van der Waals surface area contributed by atoms with Crippen molar-refractivity contribution in [1.29, 1.82) is 0 Å². The van der Waals surface area contributed by atoms with E-state index in [1.54, 1.807) is 30.4 Å². The first-order valence-corrected chi connectivity index (χ1v) is 6.85. The van der Waals surface area contributed by atoms with Gasteiger partial charge in [-0.25, -0.2) is 4.98 Å². The summed E-state index contributed by atoms with van der Waals surface area (Å²) >= 11 is 5.17. The summed E-state index contributed by atoms with van der Waals surface area (Å²) < 4.78 is 1.08. The Hall–Kier alpha value is -0.910. The maximum absolute atomic E-state index is 5.83. The number of thioether (sulfide) groups is 1. The van der Waals surface area contributed by atoms with Gasteiger partial charge in [-0.1, -0.05) is 45.9 Å². The summed E-state index contributed by atoms with van der Waals surface area (Å²) in [7, 11) is 0. The van der Waals surface area contributed by atoms with Crippen molar-refractivity contribution in [1.82, 2.24) is 9.97 Å². The number of benzene rings is 1. The van der Waals surface area contributed by atoms with Gasteiger partial charge in [-0.3, -0.25) is 4.98 Å². The smallest absolute Gasteiger partial charge is 0.115 e. The molecule has 2 N–H and O–H groups in total. The van der Waals surface area contributed by atoms with E-state index in [2.05, 4.69) is 32.0 Å². The van der Waals surface area contributed by atoms with E-state index in [1.165, 1.54) is 5.56 Å². The molecule has 2 aromatic rings. The van der Waals surface area contributed by atoms with Crippen molar-refractivity contribution in [3.8, 4) is 0 Å². The van der Waals surface area contributed by atoms with Crippen LogP contribution in [-0.4, -0.2) is 16.5 Å². The average molecular weight is 310 g/mol. The Morgan fingerprint density at radius 3 is 2.76 bits per heavy atom. The van der Waals surface area contributed by atoms with Crippen molar-refractivity contribution in [2.75, 3.05) is 6.54 Å². The molecule has 1 atom stereocenters. The lowest BCUT2D eigenvalue weighted by Crippen LogP contribution is -2.10. The predicted octanol–water partition coefficient (Wildman–Crippen LogP) is 3.03. The van der Waals surface area contributed by atoms with Crippen molar-refractivity contribution in [2.45, 2.75) is 10.3 Å². The Morgan fingerprint density at radius 1 is 1.29 bits per heavy atom. The van der Waals surface area contributed by atoms with Crippen molar-refractivity contribution in [3.05, 3.63) is 52.9 Å². The third-order valence-corrected chi connectivity index (χ3v) is 4.17. The minimum Gasteiger partial charge on any atom is -0.329 e. The number of hydrogen-bond acceptors (Lipinski definition) is 4. The zero-order valence-electron chi connectivity index (χ0n) is 9.08. The molecule has 0 amide bonds. The number of nitrogens with zero attached hydrogens (tertiary/aromatic N) is 2. The molecule has 0 aliphatic carbocycles. The van der Waals surface area contributed by atoms with E-state index in [0.29, 0.717) is 6.54 Å². The second-order valence-corrected chi connectivity index (χ2v) is 5.48. The molecule has 0 spiro atoms. The van der Waals surface area contributed by atoms with Gasteiger partial charge < -0.3 is 5.73 Å². The minimum absolute atomic E-state index is 0.183. The van der Waals surface area contributed by atoms with Crippen molar-refractivity contribution in [3.63, 3.8) is 0 Å². The summed E-state index contributed by atoms with van der Waals surface area (Å²) in [5.74, 6) is 0. The van der Waals surface area contributed by atoms with Gasteiger partial charge in [-0.15, -0.1) is 0 Å². The first-order valence-electron chi connectivity index (χ1n) is 5.18. The first-order chi connectivity index (χ1) is 8.31. The van der Waals surface area contributed by atoms with Crippen LogP contribution >= 0.6 is 27.7 Å². The Labute approximate surface area is 113 Å². The van der Waals surface area contributed by atoms with E-state index in [1.807, 2.05) is 18.2 Å². The normalized spacial score (nSPS) is 12.4. The number of rotatable bonds is 4. The standard InChI is InChI=1S/C12H12BrN3S/c13-10-4-2-1-3-9(10)11(7-14)17-12-8-15-5-6-16-12/h1-6,8,11H,7,14H2. The molecule has 1 unspecified atom stereocenters. The van der Waals surface area contributed by atoms with Gasteiger partial charge in [0.2, 0.25) is 0 Å². The molecule has 0 aliphatic rings. The lowest BCUT2D eigenvalue weighted by atomic mass is 10.1. The average Bonchev–Trinajstić information content (AvgIpc) is 2.38. The van der Waals surface area contributed by atoms with Crippen LogP contribution in [-0.2, 0) is 0 Å². The number of hydrogen-bond donors (Lipinski definition) is 1. The molecule has 0 saturated carbocycles. The van der Waals surface area contributed by atoms with Crippen LogP contribution in [0.5, 0.6) is 0 Å². The van der Waals surface area contributed by atoms with E-state index < -0.39 is 0 Å². The monoisotopic (exact) mass is 309 g/mol. The highest BCUT2D eigenvalue weighted by Crippen LogP contribution is 2.36. The van der Waals surface area contributed by atoms with E-state index >= 15 is 0 Å². The van der Waals surface area contributed by atoms with E-state index in [-0.39, 0.29) is 5.25 Å². The van der Waals surface area contributed by atoms with Gasteiger partial charge in [0.15, 0.2) is 0 Å². The van der Waals surface area contributed by atoms with Gasteiger partial charge in [0, 0.05) is 28.7 Å². The van der Waals surface area contributed by atoms with Gasteiger partial charge in [0.05, 0.1) is 6.20 Å². The van der Waals surface area contributed by atoms with Crippen molar-refractivity contribution >= 4 is 27.7 Å². The molecular weight excluding hydrogens is 298 g/mol. The number of nitrogens with two attached hydrogens (primary N) is 1. The summed E-state index contributed by atoms with van der Waals surface area (Å²) in [5, 5.41) is 1.07. The van der Waals surface area contributed by atoms with Crippen LogP contribution in [0, 0.1) is 0 Å². The fraction of sp³-hybridized carbons (Fsp3) is 0.167. The molecule has 0 saturated heterocycles. The van der Waals surface area contributed by atoms with E-state index in [4.69, 9.17) is 5.73 Å². The second-order valence-electron chi connectivity index (χ2n) is 3.41. The second kappa shape index (κ2) is 6.14. The summed E-state index contributed by atoms with van der Waals surface area (Å²) in [5.41, 5.74) is 7.02. The quantitative estimate of drug-likeness (QED) is 0.882. The van der Waals surface area contributed by atoms with Gasteiger partial charge >= 0.3 is 0 Å². The summed E-state index contributed by atoms with van der Waals surface area (Å²) in [6, 6.07) is 8.11. The van der Waals surface area contributed by atoms with Gasteiger partial charge in [-0.2, -0.15) is 0 Å². The van der Waals surface area contributed by atoms with Crippen LogP contribution in [0.15, 0.2) is 52.4 Å². The minimum atomic E-state index is 0.183. The molecule has 3 nitrogen and oxygen atoms in total. The largest absolute Gasteiger partial charge is 0.329 e. The van der Waals surface area contributed by atoms with Gasteiger partial charge in [0.25, 0.3) is 0 Å². The van der Waals surface area contributed by atoms with Crippen molar-refractivity contribution < 1.29 is 0 Å². The highest BCUT2D eigenvalue weighted by Gasteiger charge is 2.14. The van der Waals surface area contributed by atoms with Crippen LogP contribution in [0.3, 0.4) is 0 Å². The van der Waals surface area contributed by atoms with E-state index in [9.17, 15) is 0 Å². The Bertz CT molecular complexity index is 478. The van der Waals surface area contributed by atoms with Gasteiger partial charge in [0.1, 0.15) is 5.03 Å². The Morgan fingerprint density at radius 2 is 2.12 bits per heavy atom. The maximum Gasteiger partial charge on any atom is 0.115 e. The molecule has 0 aliphatic heterocycles. The fourth-order valence-corrected chi connectivity index (χ4v) is 3.14. The predicted molar refractivity (Wildman–Crippen MR) is 73.8 cm³/mol. The lowest BCUT2D eigenvalue weighted by Gasteiger charge is -2.15. The van der Waals surface area contributed by atoms with E-state index in [0.717, 1.165) is 9.50 Å². The van der Waals surface area contributed by atoms with Crippen molar-refractivity contribution in [2.24, 2.45) is 5.73 Å².